The van der Waals surface area contributed by atoms with Gasteiger partial charge in [-0.3, -0.25) is 10.1 Å². The maximum absolute atomic E-state index is 13.2. The van der Waals surface area contributed by atoms with Gasteiger partial charge >= 0.3 is 5.97 Å². The maximum atomic E-state index is 13.2. The molecule has 0 aliphatic carbocycles. The molecule has 1 N–H and O–H groups in total. The van der Waals surface area contributed by atoms with Crippen molar-refractivity contribution in [3.63, 3.8) is 0 Å². The Labute approximate surface area is 172 Å². The fourth-order valence-corrected chi connectivity index (χ4v) is 4.46. The van der Waals surface area contributed by atoms with Crippen LogP contribution < -0.4 is 5.32 Å². The van der Waals surface area contributed by atoms with Crippen molar-refractivity contribution in [2.24, 2.45) is 0 Å². The highest BCUT2D eigenvalue weighted by Gasteiger charge is 2.19. The predicted molar refractivity (Wildman–Crippen MR) is 110 cm³/mol. The van der Waals surface area contributed by atoms with Gasteiger partial charge in [0, 0.05) is 10.8 Å². The Hall–Kier alpha value is -3.11. The molecule has 4 aromatic rings. The van der Waals surface area contributed by atoms with Crippen LogP contribution in [-0.2, 0) is 4.74 Å². The van der Waals surface area contributed by atoms with Gasteiger partial charge in [-0.2, -0.15) is 5.10 Å². The number of esters is 1. The number of carbonyl (C=O) groups is 2. The van der Waals surface area contributed by atoms with Gasteiger partial charge in [-0.15, -0.1) is 22.7 Å². The first-order chi connectivity index (χ1) is 14.0. The van der Waals surface area contributed by atoms with Gasteiger partial charge in [-0.1, -0.05) is 0 Å². The molecule has 0 radical (unpaired) electrons. The fourth-order valence-electron chi connectivity index (χ4n) is 2.71. The lowest BCUT2D eigenvalue weighted by atomic mass is 10.3. The molecule has 3 heterocycles. The summed E-state index contributed by atoms with van der Waals surface area (Å²) >= 11 is 2.42. The number of thiophene rings is 1. The Morgan fingerprint density at radius 2 is 2.03 bits per heavy atom. The molecular formula is C19H15FN4O3S2. The molecule has 0 bridgehead atoms. The number of hydrogen-bond donors (Lipinski definition) is 1. The van der Waals surface area contributed by atoms with Crippen LogP contribution >= 0.6 is 22.7 Å². The molecule has 1 aromatic carbocycles. The molecule has 0 aliphatic heterocycles. The summed E-state index contributed by atoms with van der Waals surface area (Å²) in [7, 11) is 0. The zero-order valence-electron chi connectivity index (χ0n) is 15.4. The molecule has 7 nitrogen and oxygen atoms in total. The lowest BCUT2D eigenvalue weighted by Crippen LogP contribution is -2.11. The van der Waals surface area contributed by atoms with Crippen LogP contribution in [0.3, 0.4) is 0 Å². The molecule has 0 atom stereocenters. The number of thiazole rings is 1. The number of benzene rings is 1. The van der Waals surface area contributed by atoms with Gasteiger partial charge in [0.15, 0.2) is 10.8 Å². The third-order valence-corrected chi connectivity index (χ3v) is 5.92. The van der Waals surface area contributed by atoms with Crippen LogP contribution in [0.25, 0.3) is 15.9 Å². The summed E-state index contributed by atoms with van der Waals surface area (Å²) in [6.45, 7) is 3.82. The van der Waals surface area contributed by atoms with Crippen LogP contribution in [0.4, 0.5) is 9.52 Å². The van der Waals surface area contributed by atoms with E-state index >= 15 is 0 Å². The Kier molecular flexibility index (Phi) is 5.12. The van der Waals surface area contributed by atoms with E-state index in [0.29, 0.717) is 15.7 Å². The van der Waals surface area contributed by atoms with Crippen LogP contribution in [-0.4, -0.2) is 33.2 Å². The second-order valence-corrected chi connectivity index (χ2v) is 7.90. The van der Waals surface area contributed by atoms with E-state index in [4.69, 9.17) is 4.74 Å². The summed E-state index contributed by atoms with van der Waals surface area (Å²) in [4.78, 5) is 29.7. The second kappa shape index (κ2) is 7.72. The molecule has 1 amide bonds. The van der Waals surface area contributed by atoms with Crippen LogP contribution in [0, 0.1) is 12.7 Å². The van der Waals surface area contributed by atoms with Gasteiger partial charge in [-0.25, -0.2) is 18.9 Å². The van der Waals surface area contributed by atoms with Crippen molar-refractivity contribution >= 4 is 49.9 Å². The minimum Gasteiger partial charge on any atom is -0.461 e. The number of nitrogens with one attached hydrogen (secondary N) is 1. The smallest absolute Gasteiger partial charge is 0.357 e. The highest BCUT2D eigenvalue weighted by atomic mass is 32.1. The maximum Gasteiger partial charge on any atom is 0.357 e. The first kappa shape index (κ1) is 19.2. The molecule has 0 saturated carbocycles. The minimum absolute atomic E-state index is 0.159. The zero-order valence-corrected chi connectivity index (χ0v) is 17.1. The number of anilines is 1. The van der Waals surface area contributed by atoms with Gasteiger partial charge in [0.1, 0.15) is 10.6 Å². The van der Waals surface area contributed by atoms with E-state index in [1.807, 2.05) is 6.92 Å². The van der Waals surface area contributed by atoms with E-state index in [-0.39, 0.29) is 24.0 Å². The van der Waals surface area contributed by atoms with E-state index in [0.717, 1.165) is 27.2 Å². The third-order valence-electron chi connectivity index (χ3n) is 4.05. The highest BCUT2D eigenvalue weighted by Crippen LogP contribution is 2.31. The molecule has 4 rings (SSSR count). The second-order valence-electron chi connectivity index (χ2n) is 6.02. The van der Waals surface area contributed by atoms with E-state index in [1.165, 1.54) is 28.8 Å². The first-order valence-electron chi connectivity index (χ1n) is 8.65. The van der Waals surface area contributed by atoms with Crippen molar-refractivity contribution in [3.8, 4) is 5.69 Å². The number of aryl methyl sites for hydroxylation is 1. The average Bonchev–Trinajstić information content (AvgIpc) is 3.40. The fraction of sp³-hybridized carbons (Fsp3) is 0.158. The predicted octanol–water partition coefficient (Wildman–Crippen LogP) is 4.42. The molecule has 0 fully saturated rings. The first-order valence-corrected chi connectivity index (χ1v) is 10.3. The molecule has 0 saturated heterocycles. The molecule has 3 aromatic heterocycles. The summed E-state index contributed by atoms with van der Waals surface area (Å²) in [5.74, 6) is -1.19. The monoisotopic (exact) mass is 430 g/mol. The topological polar surface area (TPSA) is 86.1 Å². The Bertz CT molecular complexity index is 1210. The number of halogens is 1. The standard InChI is InChI=1S/C19H15FN4O3S2/c1-3-27-18(26)14-9-28-19(21-14)22-16(25)15-8-13-10(2)23-24(17(13)29-15)12-6-4-11(20)5-7-12/h4-9H,3H2,1-2H3,(H,21,22,25). The van der Waals surface area contributed by atoms with Crippen LogP contribution in [0.5, 0.6) is 0 Å². The van der Waals surface area contributed by atoms with Crippen molar-refractivity contribution in [3.05, 3.63) is 57.8 Å². The summed E-state index contributed by atoms with van der Waals surface area (Å²) in [5, 5.41) is 9.88. The van der Waals surface area contributed by atoms with Crippen molar-refractivity contribution in [1.29, 1.82) is 0 Å². The summed E-state index contributed by atoms with van der Waals surface area (Å²) < 4.78 is 19.8. The number of nitrogens with zero attached hydrogens (tertiary/aromatic N) is 3. The number of rotatable bonds is 5. The Balaban J connectivity index is 1.60. The van der Waals surface area contributed by atoms with Crippen LogP contribution in [0.2, 0.25) is 0 Å². The van der Waals surface area contributed by atoms with E-state index in [2.05, 4.69) is 15.4 Å². The number of amides is 1. The molecule has 0 spiro atoms. The van der Waals surface area contributed by atoms with Gasteiger partial charge < -0.3 is 4.74 Å². The SMILES string of the molecule is CCOC(=O)c1csc(NC(=O)c2cc3c(C)nn(-c4ccc(F)cc4)c3s2)n1. The van der Waals surface area contributed by atoms with Crippen molar-refractivity contribution in [2.45, 2.75) is 13.8 Å². The summed E-state index contributed by atoms with van der Waals surface area (Å²) in [6.07, 6.45) is 0. The normalized spacial score (nSPS) is 11.0. The van der Waals surface area contributed by atoms with Crippen molar-refractivity contribution in [2.75, 3.05) is 11.9 Å². The Morgan fingerprint density at radius 3 is 2.76 bits per heavy atom. The quantitative estimate of drug-likeness (QED) is 0.474. The van der Waals surface area contributed by atoms with E-state index < -0.39 is 5.97 Å². The third kappa shape index (κ3) is 3.76. The zero-order chi connectivity index (χ0) is 20.5. The molecule has 0 aliphatic rings. The molecule has 29 heavy (non-hydrogen) atoms. The van der Waals surface area contributed by atoms with Gasteiger partial charge in [-0.05, 0) is 44.2 Å². The number of ether oxygens (including phenoxy) is 1. The van der Waals surface area contributed by atoms with Crippen molar-refractivity contribution in [1.82, 2.24) is 14.8 Å². The van der Waals surface area contributed by atoms with E-state index in [9.17, 15) is 14.0 Å². The number of carbonyl (C=O) groups excluding carboxylic acids is 2. The number of fused-ring (bicyclic) bond motifs is 1. The van der Waals surface area contributed by atoms with Crippen molar-refractivity contribution < 1.29 is 18.7 Å². The average molecular weight is 430 g/mol. The van der Waals surface area contributed by atoms with Gasteiger partial charge in [0.05, 0.1) is 22.9 Å². The number of hydrogen-bond acceptors (Lipinski definition) is 7. The number of aromatic nitrogens is 3. The van der Waals surface area contributed by atoms with Gasteiger partial charge in [0.2, 0.25) is 0 Å². The molecule has 0 unspecified atom stereocenters. The summed E-state index contributed by atoms with van der Waals surface area (Å²) in [6, 6.07) is 7.75. The highest BCUT2D eigenvalue weighted by molar-refractivity contribution is 7.20. The molecule has 10 heteroatoms. The lowest BCUT2D eigenvalue weighted by molar-refractivity contribution is 0.0520. The van der Waals surface area contributed by atoms with E-state index in [1.54, 1.807) is 29.8 Å². The Morgan fingerprint density at radius 1 is 1.28 bits per heavy atom. The largest absolute Gasteiger partial charge is 0.461 e. The van der Waals surface area contributed by atoms with Crippen LogP contribution in [0.1, 0.15) is 32.8 Å². The van der Waals surface area contributed by atoms with Crippen LogP contribution in [0.15, 0.2) is 35.7 Å². The minimum atomic E-state index is -0.527. The molecule has 148 valence electrons. The van der Waals surface area contributed by atoms with Gasteiger partial charge in [0.25, 0.3) is 5.91 Å². The molecular weight excluding hydrogens is 415 g/mol. The lowest BCUT2D eigenvalue weighted by Gasteiger charge is -2.02. The summed E-state index contributed by atoms with van der Waals surface area (Å²) in [5.41, 5.74) is 1.63.